The summed E-state index contributed by atoms with van der Waals surface area (Å²) < 4.78 is 17.1. The minimum Gasteiger partial charge on any atom is -0.382 e. The molecule has 0 aliphatic rings. The summed E-state index contributed by atoms with van der Waals surface area (Å²) in [5.74, 6) is 0. The number of rotatable bonds is 9. The largest absolute Gasteiger partial charge is 0.382 e. The summed E-state index contributed by atoms with van der Waals surface area (Å²) in [4.78, 5) is 0. The molecule has 1 unspecified atom stereocenters. The first-order chi connectivity index (χ1) is 8.77. The second-order valence-electron chi connectivity index (χ2n) is 3.67. The summed E-state index contributed by atoms with van der Waals surface area (Å²) in [5, 5.41) is 0.771. The molecule has 1 atom stereocenters. The van der Waals surface area contributed by atoms with Crippen LogP contribution >= 0.6 is 31.9 Å². The molecule has 0 aromatic heterocycles. The van der Waals surface area contributed by atoms with Crippen molar-refractivity contribution in [1.82, 2.24) is 0 Å². The smallest absolute Gasteiger partial charge is 0.0922 e. The molecule has 1 aromatic carbocycles. The Balaban J connectivity index is 2.27. The van der Waals surface area contributed by atoms with Gasteiger partial charge in [0.25, 0.3) is 0 Å². The Kier molecular flexibility index (Phi) is 8.88. The quantitative estimate of drug-likeness (QED) is 0.483. The third kappa shape index (κ3) is 6.29. The van der Waals surface area contributed by atoms with Crippen molar-refractivity contribution in [3.8, 4) is 0 Å². The number of hydrogen-bond donors (Lipinski definition) is 0. The van der Waals surface area contributed by atoms with Crippen LogP contribution in [0.5, 0.6) is 0 Å². The first-order valence-corrected chi connectivity index (χ1v) is 7.69. The minimum absolute atomic E-state index is 0.0594. The van der Waals surface area contributed by atoms with Crippen molar-refractivity contribution in [2.24, 2.45) is 0 Å². The fraction of sp³-hybridized carbons (Fsp3) is 0.538. The van der Waals surface area contributed by atoms with Gasteiger partial charge in [-0.15, -0.1) is 0 Å². The predicted octanol–water partition coefficient (Wildman–Crippen LogP) is 3.56. The van der Waals surface area contributed by atoms with Crippen LogP contribution in [0.3, 0.4) is 0 Å². The molecule has 0 heterocycles. The topological polar surface area (TPSA) is 27.7 Å². The second-order valence-corrected chi connectivity index (χ2v) is 5.23. The van der Waals surface area contributed by atoms with Crippen molar-refractivity contribution in [3.05, 3.63) is 34.3 Å². The van der Waals surface area contributed by atoms with Crippen LogP contribution in [0.1, 0.15) is 11.7 Å². The monoisotopic (exact) mass is 380 g/mol. The van der Waals surface area contributed by atoms with E-state index in [0.717, 1.165) is 15.4 Å². The van der Waals surface area contributed by atoms with E-state index >= 15 is 0 Å². The lowest BCUT2D eigenvalue weighted by molar-refractivity contribution is 0.000724. The van der Waals surface area contributed by atoms with Crippen LogP contribution < -0.4 is 0 Å². The highest BCUT2D eigenvalue weighted by Crippen LogP contribution is 2.21. The highest BCUT2D eigenvalue weighted by molar-refractivity contribution is 9.10. The highest BCUT2D eigenvalue weighted by Gasteiger charge is 2.09. The number of benzene rings is 1. The van der Waals surface area contributed by atoms with Gasteiger partial charge in [-0.2, -0.15) is 0 Å². The number of alkyl halides is 1. The number of ether oxygens (including phenoxy) is 3. The first-order valence-electron chi connectivity index (χ1n) is 5.77. The van der Waals surface area contributed by atoms with Gasteiger partial charge in [-0.25, -0.2) is 0 Å². The van der Waals surface area contributed by atoms with Gasteiger partial charge < -0.3 is 14.2 Å². The zero-order chi connectivity index (χ0) is 13.2. The van der Waals surface area contributed by atoms with Crippen LogP contribution in [-0.2, 0) is 14.2 Å². The molecule has 0 aliphatic carbocycles. The molecular weight excluding hydrogens is 364 g/mol. The van der Waals surface area contributed by atoms with Crippen LogP contribution in [0, 0.1) is 0 Å². The van der Waals surface area contributed by atoms with E-state index < -0.39 is 0 Å². The molecule has 0 saturated heterocycles. The van der Waals surface area contributed by atoms with Gasteiger partial charge in [0.2, 0.25) is 0 Å². The van der Waals surface area contributed by atoms with Crippen molar-refractivity contribution in [2.75, 3.05) is 38.9 Å². The molecule has 0 saturated carbocycles. The Bertz CT molecular complexity index is 317. The molecule has 0 amide bonds. The maximum atomic E-state index is 5.77. The average Bonchev–Trinajstić information content (AvgIpc) is 2.39. The Morgan fingerprint density at radius 3 is 2.33 bits per heavy atom. The van der Waals surface area contributed by atoms with Gasteiger partial charge in [-0.3, -0.25) is 0 Å². The van der Waals surface area contributed by atoms with Crippen molar-refractivity contribution in [1.29, 1.82) is 0 Å². The standard InChI is InChI=1S/C13H18Br2O3/c1-16-6-7-17-8-9-18-13(10-14)11-2-4-12(15)5-3-11/h2-5,13H,6-10H2,1H3. The molecule has 0 spiro atoms. The van der Waals surface area contributed by atoms with Crippen molar-refractivity contribution < 1.29 is 14.2 Å². The molecule has 5 heteroatoms. The summed E-state index contributed by atoms with van der Waals surface area (Å²) >= 11 is 6.89. The summed E-state index contributed by atoms with van der Waals surface area (Å²) in [5.41, 5.74) is 1.16. The van der Waals surface area contributed by atoms with E-state index in [-0.39, 0.29) is 6.10 Å². The minimum atomic E-state index is 0.0594. The van der Waals surface area contributed by atoms with Gasteiger partial charge in [-0.05, 0) is 17.7 Å². The van der Waals surface area contributed by atoms with Gasteiger partial charge in [0.1, 0.15) is 0 Å². The van der Waals surface area contributed by atoms with E-state index in [4.69, 9.17) is 14.2 Å². The van der Waals surface area contributed by atoms with Crippen LogP contribution in [0.4, 0.5) is 0 Å². The van der Waals surface area contributed by atoms with E-state index in [1.165, 1.54) is 0 Å². The van der Waals surface area contributed by atoms with Crippen LogP contribution in [0.15, 0.2) is 28.7 Å². The van der Waals surface area contributed by atoms with Crippen LogP contribution in [0.25, 0.3) is 0 Å². The number of methoxy groups -OCH3 is 1. The van der Waals surface area contributed by atoms with E-state index in [2.05, 4.69) is 44.0 Å². The molecule has 0 aliphatic heterocycles. The third-order valence-corrected chi connectivity index (χ3v) is 3.48. The van der Waals surface area contributed by atoms with Crippen molar-refractivity contribution in [3.63, 3.8) is 0 Å². The van der Waals surface area contributed by atoms with Gasteiger partial charge in [-0.1, -0.05) is 44.0 Å². The highest BCUT2D eigenvalue weighted by atomic mass is 79.9. The summed E-state index contributed by atoms with van der Waals surface area (Å²) in [6, 6.07) is 8.15. The Hall–Kier alpha value is 0.0600. The van der Waals surface area contributed by atoms with Crippen LogP contribution in [0.2, 0.25) is 0 Å². The molecular formula is C13H18Br2O3. The fourth-order valence-corrected chi connectivity index (χ4v) is 2.23. The molecule has 0 N–H and O–H groups in total. The van der Waals surface area contributed by atoms with Crippen molar-refractivity contribution in [2.45, 2.75) is 6.10 Å². The SMILES string of the molecule is COCCOCCOC(CBr)c1ccc(Br)cc1. The lowest BCUT2D eigenvalue weighted by Gasteiger charge is -2.16. The Labute approximate surface area is 125 Å². The maximum Gasteiger partial charge on any atom is 0.0922 e. The van der Waals surface area contributed by atoms with E-state index in [9.17, 15) is 0 Å². The molecule has 0 radical (unpaired) electrons. The fourth-order valence-electron chi connectivity index (χ4n) is 1.40. The lowest BCUT2D eigenvalue weighted by Crippen LogP contribution is -2.12. The van der Waals surface area contributed by atoms with E-state index in [0.29, 0.717) is 26.4 Å². The number of hydrogen-bond acceptors (Lipinski definition) is 3. The summed E-state index contributed by atoms with van der Waals surface area (Å²) in [7, 11) is 1.66. The predicted molar refractivity (Wildman–Crippen MR) is 79.3 cm³/mol. The van der Waals surface area contributed by atoms with Gasteiger partial charge >= 0.3 is 0 Å². The molecule has 102 valence electrons. The molecule has 3 nitrogen and oxygen atoms in total. The van der Waals surface area contributed by atoms with Gasteiger partial charge in [0.15, 0.2) is 0 Å². The summed E-state index contributed by atoms with van der Waals surface area (Å²) in [6.07, 6.45) is 0.0594. The van der Waals surface area contributed by atoms with Crippen molar-refractivity contribution >= 4 is 31.9 Å². The zero-order valence-corrected chi connectivity index (χ0v) is 13.6. The second kappa shape index (κ2) is 9.92. The maximum absolute atomic E-state index is 5.77. The molecule has 18 heavy (non-hydrogen) atoms. The Morgan fingerprint density at radius 2 is 1.72 bits per heavy atom. The molecule has 1 aromatic rings. The first kappa shape index (κ1) is 16.1. The average molecular weight is 382 g/mol. The van der Waals surface area contributed by atoms with Gasteiger partial charge in [0.05, 0.1) is 32.5 Å². The Morgan fingerprint density at radius 1 is 1.06 bits per heavy atom. The number of halogens is 2. The zero-order valence-electron chi connectivity index (χ0n) is 10.4. The third-order valence-electron chi connectivity index (χ3n) is 2.36. The van der Waals surface area contributed by atoms with Crippen LogP contribution in [-0.4, -0.2) is 38.9 Å². The van der Waals surface area contributed by atoms with Gasteiger partial charge in [0, 0.05) is 16.9 Å². The normalized spacial score (nSPS) is 12.6. The summed E-state index contributed by atoms with van der Waals surface area (Å²) in [6.45, 7) is 2.39. The molecule has 1 rings (SSSR count). The van der Waals surface area contributed by atoms with E-state index in [1.54, 1.807) is 7.11 Å². The van der Waals surface area contributed by atoms with E-state index in [1.807, 2.05) is 12.1 Å². The molecule has 0 bridgehead atoms. The lowest BCUT2D eigenvalue weighted by atomic mass is 10.1. The molecule has 0 fully saturated rings.